The molecular weight excluding hydrogens is 455 g/mol. The third-order valence-corrected chi connectivity index (χ3v) is 9.50. The Morgan fingerprint density at radius 1 is 1.03 bits per heavy atom. The van der Waals surface area contributed by atoms with Gasteiger partial charge in [-0.3, -0.25) is 0 Å². The molecule has 0 radical (unpaired) electrons. The molecular formula is C24H29FN6O2S. The van der Waals surface area contributed by atoms with Crippen LogP contribution in [0.15, 0.2) is 54.9 Å². The van der Waals surface area contributed by atoms with Crippen LogP contribution in [0.5, 0.6) is 0 Å². The minimum Gasteiger partial charge on any atom is -0.371 e. The first kappa shape index (κ1) is 22.9. The fourth-order valence-corrected chi connectivity index (χ4v) is 7.29. The van der Waals surface area contributed by atoms with Crippen molar-refractivity contribution in [3.8, 4) is 0 Å². The van der Waals surface area contributed by atoms with Crippen molar-refractivity contribution in [2.24, 2.45) is 0 Å². The van der Waals surface area contributed by atoms with Crippen molar-refractivity contribution in [3.05, 3.63) is 71.8 Å². The maximum Gasteiger partial charge on any atom is 0.221 e. The Morgan fingerprint density at radius 2 is 1.79 bits per heavy atom. The predicted molar refractivity (Wildman–Crippen MR) is 127 cm³/mol. The maximum atomic E-state index is 15.2. The van der Waals surface area contributed by atoms with E-state index in [1.54, 1.807) is 17.1 Å². The van der Waals surface area contributed by atoms with E-state index >= 15 is 4.39 Å². The summed E-state index contributed by atoms with van der Waals surface area (Å²) in [5.74, 6) is -0.371. The summed E-state index contributed by atoms with van der Waals surface area (Å²) in [6, 6.07) is 14.5. The molecule has 2 aliphatic heterocycles. The third-order valence-electron chi connectivity index (χ3n) is 7.13. The Balaban J connectivity index is 1.30. The van der Waals surface area contributed by atoms with Gasteiger partial charge in [-0.25, -0.2) is 17.5 Å². The smallest absolute Gasteiger partial charge is 0.221 e. The summed E-state index contributed by atoms with van der Waals surface area (Å²) in [7, 11) is -3.60. The van der Waals surface area contributed by atoms with E-state index in [1.165, 1.54) is 10.4 Å². The van der Waals surface area contributed by atoms with Crippen LogP contribution in [0.3, 0.4) is 0 Å². The lowest BCUT2D eigenvalue weighted by molar-refractivity contribution is 0.279. The lowest BCUT2D eigenvalue weighted by Crippen LogP contribution is -2.44. The van der Waals surface area contributed by atoms with Gasteiger partial charge in [0.05, 0.1) is 6.04 Å². The number of piperidine rings is 1. The van der Waals surface area contributed by atoms with Gasteiger partial charge in [0, 0.05) is 36.9 Å². The molecule has 34 heavy (non-hydrogen) atoms. The number of hydrogen-bond donors (Lipinski definition) is 0. The zero-order valence-electron chi connectivity index (χ0n) is 19.2. The molecule has 1 unspecified atom stereocenters. The second kappa shape index (κ2) is 9.42. The van der Waals surface area contributed by atoms with E-state index in [2.05, 4.69) is 20.4 Å². The van der Waals surface area contributed by atoms with Crippen molar-refractivity contribution in [1.82, 2.24) is 24.5 Å². The van der Waals surface area contributed by atoms with Gasteiger partial charge in [0.2, 0.25) is 10.0 Å². The van der Waals surface area contributed by atoms with Crippen LogP contribution in [0.4, 0.5) is 10.1 Å². The van der Waals surface area contributed by atoms with E-state index in [-0.39, 0.29) is 24.4 Å². The molecule has 0 N–H and O–H groups in total. The summed E-state index contributed by atoms with van der Waals surface area (Å²) in [4.78, 5) is 2.15. The van der Waals surface area contributed by atoms with Crippen LogP contribution in [0.2, 0.25) is 0 Å². The minimum atomic E-state index is -3.60. The van der Waals surface area contributed by atoms with E-state index in [0.29, 0.717) is 12.0 Å². The molecule has 2 aliphatic rings. The highest BCUT2D eigenvalue weighted by atomic mass is 32.2. The lowest BCUT2D eigenvalue weighted by atomic mass is 10.0. The van der Waals surface area contributed by atoms with Gasteiger partial charge in [-0.1, -0.05) is 36.4 Å². The highest BCUT2D eigenvalue weighted by molar-refractivity contribution is 7.89. The van der Waals surface area contributed by atoms with Gasteiger partial charge in [0.15, 0.2) is 0 Å². The van der Waals surface area contributed by atoms with Crippen LogP contribution in [0, 0.1) is 5.82 Å². The lowest BCUT2D eigenvalue weighted by Gasteiger charge is -2.37. The van der Waals surface area contributed by atoms with Crippen LogP contribution in [-0.2, 0) is 16.6 Å². The van der Waals surface area contributed by atoms with Gasteiger partial charge in [-0.2, -0.15) is 4.31 Å². The number of halogens is 1. The average molecular weight is 485 g/mol. The minimum absolute atomic E-state index is 0.0420. The number of nitrogens with zero attached hydrogens (tertiary/aromatic N) is 6. The average Bonchev–Trinajstić information content (AvgIpc) is 3.38. The molecule has 0 saturated carbocycles. The number of aromatic nitrogens is 4. The van der Waals surface area contributed by atoms with Crippen LogP contribution in [0.1, 0.15) is 55.0 Å². The van der Waals surface area contributed by atoms with Gasteiger partial charge in [-0.15, -0.1) is 5.10 Å². The number of sulfonamides is 1. The molecule has 10 heteroatoms. The molecule has 0 bridgehead atoms. The number of tetrazole rings is 1. The van der Waals surface area contributed by atoms with Crippen molar-refractivity contribution < 1.29 is 12.8 Å². The first-order valence-electron chi connectivity index (χ1n) is 11.7. The van der Waals surface area contributed by atoms with Gasteiger partial charge in [0.25, 0.3) is 0 Å². The summed E-state index contributed by atoms with van der Waals surface area (Å²) < 4.78 is 45.4. The highest BCUT2D eigenvalue weighted by Crippen LogP contribution is 2.38. The molecule has 5 rings (SSSR count). The number of benzene rings is 2. The highest BCUT2D eigenvalue weighted by Gasteiger charge is 2.40. The summed E-state index contributed by atoms with van der Waals surface area (Å²) in [6.07, 6.45) is 4.70. The zero-order chi connectivity index (χ0) is 23.7. The van der Waals surface area contributed by atoms with Crippen molar-refractivity contribution in [2.75, 3.05) is 18.0 Å². The van der Waals surface area contributed by atoms with Crippen LogP contribution in [-0.4, -0.2) is 52.1 Å². The fourth-order valence-electron chi connectivity index (χ4n) is 5.11. The Kier molecular flexibility index (Phi) is 6.35. The molecule has 0 amide bonds. The van der Waals surface area contributed by atoms with E-state index in [0.717, 1.165) is 43.6 Å². The molecule has 2 atom stereocenters. The third kappa shape index (κ3) is 4.44. The first-order valence-corrected chi connectivity index (χ1v) is 13.3. The van der Waals surface area contributed by atoms with Crippen molar-refractivity contribution >= 4 is 15.7 Å². The number of hydrogen-bond acceptors (Lipinski definition) is 6. The molecule has 2 fully saturated rings. The Bertz CT molecular complexity index is 1210. The number of anilines is 1. The Morgan fingerprint density at radius 3 is 2.47 bits per heavy atom. The molecule has 3 aromatic rings. The molecule has 2 saturated heterocycles. The van der Waals surface area contributed by atoms with E-state index in [9.17, 15) is 8.42 Å². The van der Waals surface area contributed by atoms with Crippen LogP contribution < -0.4 is 4.90 Å². The number of rotatable bonds is 5. The molecule has 0 aliphatic carbocycles. The molecule has 2 aromatic carbocycles. The van der Waals surface area contributed by atoms with Gasteiger partial charge < -0.3 is 4.90 Å². The second-order valence-corrected chi connectivity index (χ2v) is 11.3. The molecule has 8 nitrogen and oxygen atoms in total. The molecule has 180 valence electrons. The largest absolute Gasteiger partial charge is 0.371 e. The van der Waals surface area contributed by atoms with Crippen LogP contribution >= 0.6 is 0 Å². The van der Waals surface area contributed by atoms with Gasteiger partial charge in [-0.05, 0) is 60.7 Å². The van der Waals surface area contributed by atoms with Crippen molar-refractivity contribution in [3.63, 3.8) is 0 Å². The maximum absolute atomic E-state index is 15.2. The van der Waals surface area contributed by atoms with Gasteiger partial charge >= 0.3 is 0 Å². The second-order valence-electron chi connectivity index (χ2n) is 9.20. The van der Waals surface area contributed by atoms with E-state index in [4.69, 9.17) is 0 Å². The fraction of sp³-hybridized carbons (Fsp3) is 0.458. The van der Waals surface area contributed by atoms with E-state index in [1.807, 2.05) is 43.3 Å². The summed E-state index contributed by atoms with van der Waals surface area (Å²) in [6.45, 7) is 3.50. The van der Waals surface area contributed by atoms with Crippen LogP contribution in [0.25, 0.3) is 0 Å². The predicted octanol–water partition coefficient (Wildman–Crippen LogP) is 3.71. The van der Waals surface area contributed by atoms with Gasteiger partial charge in [0.1, 0.15) is 17.4 Å². The quantitative estimate of drug-likeness (QED) is 0.549. The molecule has 3 heterocycles. The summed E-state index contributed by atoms with van der Waals surface area (Å²) >= 11 is 0. The molecule has 1 aromatic heterocycles. The normalized spacial score (nSPS) is 23.8. The summed E-state index contributed by atoms with van der Waals surface area (Å²) in [5, 5.41) is 10.8. The van der Waals surface area contributed by atoms with Crippen molar-refractivity contribution in [1.29, 1.82) is 0 Å². The Labute approximate surface area is 199 Å². The molecule has 0 spiro atoms. The standard InChI is InChI=1S/C24H29FN6O2S/c1-18-7-10-24(19-5-3-2-4-6-19)34(32,33)31(18)16-20-8-9-22(15-23(20)25)29-13-11-21(12-14-29)30-17-26-27-28-30/h2-6,8-9,15,17-18,21,24H,7,10-14,16H2,1H3/t18-,24?/m0/s1. The van der Waals surface area contributed by atoms with E-state index < -0.39 is 15.3 Å². The summed E-state index contributed by atoms with van der Waals surface area (Å²) in [5.41, 5.74) is 2.00. The van der Waals surface area contributed by atoms with Crippen molar-refractivity contribution in [2.45, 2.75) is 56.5 Å². The SMILES string of the molecule is C[C@H]1CCC(c2ccccc2)S(=O)(=O)N1Cc1ccc(N2CCC(n3cnnn3)CC2)cc1F. The first-order chi connectivity index (χ1) is 16.4. The zero-order valence-corrected chi connectivity index (χ0v) is 20.0. The monoisotopic (exact) mass is 484 g/mol. The topological polar surface area (TPSA) is 84.2 Å². The Hall–Kier alpha value is -2.85.